The smallest absolute Gasteiger partial charge is 0.342 e. The highest BCUT2D eigenvalue weighted by atomic mass is 35.5. The number of hydrogen-bond acceptors (Lipinski definition) is 3. The zero-order valence-corrected chi connectivity index (χ0v) is 14.7. The molecule has 0 radical (unpaired) electrons. The van der Waals surface area contributed by atoms with Gasteiger partial charge in [0, 0.05) is 16.5 Å². The maximum atomic E-state index is 12.2. The van der Waals surface area contributed by atoms with Gasteiger partial charge in [-0.3, -0.25) is 0 Å². The molecular weight excluding hydrogens is 347 g/mol. The summed E-state index contributed by atoms with van der Waals surface area (Å²) in [4.78, 5) is 17.2. The van der Waals surface area contributed by atoms with Crippen molar-refractivity contribution >= 4 is 35.0 Å². The SMILES string of the molecule is CC[C@@H](C(=O)O/N=C(/N)Cc1ccc(Cl)cc1Cl)c1ccccc1. The highest BCUT2D eigenvalue weighted by Gasteiger charge is 2.20. The van der Waals surface area contributed by atoms with Crippen molar-refractivity contribution in [2.75, 3.05) is 0 Å². The Bertz CT molecular complexity index is 733. The molecule has 0 saturated heterocycles. The molecule has 126 valence electrons. The molecule has 24 heavy (non-hydrogen) atoms. The molecular formula is C18H18Cl2N2O2. The molecule has 0 aliphatic carbocycles. The van der Waals surface area contributed by atoms with E-state index in [9.17, 15) is 4.79 Å². The minimum absolute atomic E-state index is 0.162. The Kier molecular flexibility index (Phi) is 6.64. The van der Waals surface area contributed by atoms with Crippen LogP contribution >= 0.6 is 23.2 Å². The third-order valence-electron chi connectivity index (χ3n) is 3.53. The average molecular weight is 365 g/mol. The number of oxime groups is 1. The Morgan fingerprint density at radius 2 is 1.92 bits per heavy atom. The summed E-state index contributed by atoms with van der Waals surface area (Å²) in [5.74, 6) is -0.647. The highest BCUT2D eigenvalue weighted by Crippen LogP contribution is 2.22. The lowest BCUT2D eigenvalue weighted by Crippen LogP contribution is -2.19. The van der Waals surface area contributed by atoms with E-state index in [4.69, 9.17) is 33.8 Å². The highest BCUT2D eigenvalue weighted by molar-refractivity contribution is 6.35. The Morgan fingerprint density at radius 1 is 1.21 bits per heavy atom. The number of carbonyl (C=O) groups is 1. The van der Waals surface area contributed by atoms with Gasteiger partial charge in [-0.05, 0) is 29.7 Å². The Balaban J connectivity index is 2.01. The third-order valence-corrected chi connectivity index (χ3v) is 4.12. The number of rotatable bonds is 6. The molecule has 0 spiro atoms. The summed E-state index contributed by atoms with van der Waals surface area (Å²) in [6.45, 7) is 1.92. The summed E-state index contributed by atoms with van der Waals surface area (Å²) in [7, 11) is 0. The second kappa shape index (κ2) is 8.71. The second-order valence-corrected chi connectivity index (χ2v) is 6.12. The molecule has 0 bridgehead atoms. The average Bonchev–Trinajstić information content (AvgIpc) is 2.57. The fraction of sp³-hybridized carbons (Fsp3) is 0.222. The lowest BCUT2D eigenvalue weighted by Gasteiger charge is -2.12. The van der Waals surface area contributed by atoms with Crippen LogP contribution in [-0.4, -0.2) is 11.8 Å². The number of halogens is 2. The van der Waals surface area contributed by atoms with Crippen LogP contribution in [0.15, 0.2) is 53.7 Å². The molecule has 2 aromatic rings. The van der Waals surface area contributed by atoms with Crippen molar-refractivity contribution in [1.82, 2.24) is 0 Å². The second-order valence-electron chi connectivity index (χ2n) is 5.28. The van der Waals surface area contributed by atoms with E-state index < -0.39 is 5.97 Å². The molecule has 0 fully saturated rings. The Labute approximate surface area is 151 Å². The van der Waals surface area contributed by atoms with Gasteiger partial charge < -0.3 is 10.6 Å². The maximum absolute atomic E-state index is 12.2. The molecule has 2 aromatic carbocycles. The lowest BCUT2D eigenvalue weighted by atomic mass is 9.97. The summed E-state index contributed by atoms with van der Waals surface area (Å²) in [6, 6.07) is 14.5. The summed E-state index contributed by atoms with van der Waals surface area (Å²) in [6.07, 6.45) is 0.882. The largest absolute Gasteiger partial charge is 0.384 e. The molecule has 2 rings (SSSR count). The predicted octanol–water partition coefficient (Wildman–Crippen LogP) is 4.55. The monoisotopic (exact) mass is 364 g/mol. The van der Waals surface area contributed by atoms with E-state index in [1.807, 2.05) is 37.3 Å². The molecule has 0 amide bonds. The number of amidine groups is 1. The van der Waals surface area contributed by atoms with Crippen LogP contribution in [-0.2, 0) is 16.1 Å². The van der Waals surface area contributed by atoms with Gasteiger partial charge >= 0.3 is 5.97 Å². The van der Waals surface area contributed by atoms with Crippen molar-refractivity contribution in [3.05, 3.63) is 69.7 Å². The van der Waals surface area contributed by atoms with Gasteiger partial charge in [0.1, 0.15) is 5.84 Å². The van der Waals surface area contributed by atoms with Crippen molar-refractivity contribution in [3.8, 4) is 0 Å². The van der Waals surface area contributed by atoms with Crippen molar-refractivity contribution < 1.29 is 9.63 Å². The lowest BCUT2D eigenvalue weighted by molar-refractivity contribution is -0.145. The van der Waals surface area contributed by atoms with Gasteiger partial charge in [0.15, 0.2) is 0 Å². The van der Waals surface area contributed by atoms with E-state index in [0.29, 0.717) is 16.5 Å². The summed E-state index contributed by atoms with van der Waals surface area (Å²) >= 11 is 11.9. The number of nitrogens with two attached hydrogens (primary N) is 1. The van der Waals surface area contributed by atoms with Crippen LogP contribution < -0.4 is 5.73 Å². The third kappa shape index (κ3) is 4.98. The minimum Gasteiger partial charge on any atom is -0.384 e. The van der Waals surface area contributed by atoms with Gasteiger partial charge in [-0.25, -0.2) is 4.79 Å². The van der Waals surface area contributed by atoms with Crippen molar-refractivity contribution in [3.63, 3.8) is 0 Å². The molecule has 0 heterocycles. The van der Waals surface area contributed by atoms with Crippen molar-refractivity contribution in [2.45, 2.75) is 25.7 Å². The zero-order chi connectivity index (χ0) is 17.5. The van der Waals surface area contributed by atoms with E-state index in [0.717, 1.165) is 11.1 Å². The number of nitrogens with zero attached hydrogens (tertiary/aromatic N) is 1. The molecule has 0 aliphatic heterocycles. The van der Waals surface area contributed by atoms with E-state index in [2.05, 4.69) is 5.16 Å². The molecule has 0 unspecified atom stereocenters. The van der Waals surface area contributed by atoms with Crippen LogP contribution in [0.3, 0.4) is 0 Å². The molecule has 6 heteroatoms. The fourth-order valence-electron chi connectivity index (χ4n) is 2.28. The van der Waals surface area contributed by atoms with Gasteiger partial charge in [0.05, 0.1) is 5.92 Å². The van der Waals surface area contributed by atoms with E-state index in [1.165, 1.54) is 0 Å². The summed E-state index contributed by atoms with van der Waals surface area (Å²) in [5, 5.41) is 4.76. The van der Waals surface area contributed by atoms with Gasteiger partial charge in [-0.1, -0.05) is 71.7 Å². The van der Waals surface area contributed by atoms with Crippen molar-refractivity contribution in [2.24, 2.45) is 10.9 Å². The summed E-state index contributed by atoms with van der Waals surface area (Å²) in [5.41, 5.74) is 7.47. The number of carbonyl (C=O) groups excluding carboxylic acids is 1. The first-order valence-corrected chi connectivity index (χ1v) is 8.29. The van der Waals surface area contributed by atoms with Crippen LogP contribution in [0.4, 0.5) is 0 Å². The van der Waals surface area contributed by atoms with Crippen LogP contribution in [0.25, 0.3) is 0 Å². The van der Waals surface area contributed by atoms with Gasteiger partial charge in [0.25, 0.3) is 0 Å². The van der Waals surface area contributed by atoms with E-state index in [-0.39, 0.29) is 18.2 Å². The molecule has 0 aromatic heterocycles. The zero-order valence-electron chi connectivity index (χ0n) is 13.2. The molecule has 1 atom stereocenters. The minimum atomic E-state index is -0.436. The fourth-order valence-corrected chi connectivity index (χ4v) is 2.76. The number of benzene rings is 2. The Hall–Kier alpha value is -2.04. The van der Waals surface area contributed by atoms with Gasteiger partial charge in [-0.2, -0.15) is 0 Å². The first-order chi connectivity index (χ1) is 11.5. The standard InChI is InChI=1S/C18H18Cl2N2O2/c1-2-15(12-6-4-3-5-7-12)18(23)24-22-17(21)10-13-8-9-14(19)11-16(13)20/h3-9,11,15H,2,10H2,1H3,(H2,21,22)/t15-/m1/s1. The molecule has 0 aliphatic rings. The molecule has 2 N–H and O–H groups in total. The van der Waals surface area contributed by atoms with Crippen LogP contribution in [0.2, 0.25) is 10.0 Å². The molecule has 0 saturated carbocycles. The maximum Gasteiger partial charge on any atom is 0.342 e. The van der Waals surface area contributed by atoms with E-state index in [1.54, 1.807) is 18.2 Å². The van der Waals surface area contributed by atoms with Gasteiger partial charge in [0.2, 0.25) is 0 Å². The van der Waals surface area contributed by atoms with Crippen LogP contribution in [0.1, 0.15) is 30.4 Å². The Morgan fingerprint density at radius 3 is 2.54 bits per heavy atom. The molecule has 4 nitrogen and oxygen atoms in total. The quantitative estimate of drug-likeness (QED) is 0.354. The number of hydrogen-bond donors (Lipinski definition) is 1. The first-order valence-electron chi connectivity index (χ1n) is 7.53. The van der Waals surface area contributed by atoms with E-state index >= 15 is 0 Å². The topological polar surface area (TPSA) is 64.7 Å². The van der Waals surface area contributed by atoms with Crippen LogP contribution in [0, 0.1) is 0 Å². The first kappa shape index (κ1) is 18.3. The predicted molar refractivity (Wildman–Crippen MR) is 97.4 cm³/mol. The van der Waals surface area contributed by atoms with Crippen molar-refractivity contribution in [1.29, 1.82) is 0 Å². The summed E-state index contributed by atoms with van der Waals surface area (Å²) < 4.78 is 0. The normalized spacial score (nSPS) is 12.7. The van der Waals surface area contributed by atoms with Gasteiger partial charge in [-0.15, -0.1) is 0 Å². The van der Waals surface area contributed by atoms with Crippen LogP contribution in [0.5, 0.6) is 0 Å².